The van der Waals surface area contributed by atoms with Crippen molar-refractivity contribution in [2.45, 2.75) is 32.6 Å². The van der Waals surface area contributed by atoms with Gasteiger partial charge in [-0.05, 0) is 17.5 Å². The molecule has 26 heavy (non-hydrogen) atoms. The molecule has 1 aromatic carbocycles. The predicted octanol–water partition coefficient (Wildman–Crippen LogP) is 4.45. The maximum absolute atomic E-state index is 13.0. The van der Waals surface area contributed by atoms with Gasteiger partial charge in [-0.15, -0.1) is 0 Å². The number of halogens is 2. The van der Waals surface area contributed by atoms with E-state index in [2.05, 4.69) is 6.07 Å². The van der Waals surface area contributed by atoms with E-state index in [4.69, 9.17) is 38.4 Å². The van der Waals surface area contributed by atoms with Crippen LogP contribution >= 0.6 is 23.2 Å². The number of hydrogen-bond donors (Lipinski definition) is 1. The molecule has 136 valence electrons. The number of nitrogens with two attached hydrogens (primary N) is 1. The molecule has 7 heteroatoms. The first-order valence-corrected chi connectivity index (χ1v) is 8.81. The number of carbonyl (C=O) groups is 1. The number of hydrogen-bond acceptors (Lipinski definition) is 5. The summed E-state index contributed by atoms with van der Waals surface area (Å²) in [6, 6.07) is 5.22. The quantitative estimate of drug-likeness (QED) is 0.802. The Morgan fingerprint density at radius 3 is 2.65 bits per heavy atom. The monoisotopic (exact) mass is 392 g/mol. The van der Waals surface area contributed by atoms with E-state index in [1.807, 2.05) is 13.8 Å². The summed E-state index contributed by atoms with van der Waals surface area (Å²) in [5.74, 6) is 0.0247. The number of benzene rings is 1. The van der Waals surface area contributed by atoms with Crippen molar-refractivity contribution < 1.29 is 14.3 Å². The summed E-state index contributed by atoms with van der Waals surface area (Å²) in [4.78, 5) is 13.0. The summed E-state index contributed by atoms with van der Waals surface area (Å²) in [5.41, 5.74) is 6.80. The fraction of sp³-hybridized carbons (Fsp3) is 0.368. The fourth-order valence-corrected chi connectivity index (χ4v) is 4.17. The molecule has 0 amide bonds. The van der Waals surface area contributed by atoms with Gasteiger partial charge in [0.1, 0.15) is 23.2 Å². The SMILES string of the molecule is COc1cc(Cl)cc(Cl)c1C1C(C#N)=C(N)OC2=C1C(=O)CC(C)(C)C2. The zero-order valence-electron chi connectivity index (χ0n) is 14.7. The van der Waals surface area contributed by atoms with Gasteiger partial charge in [0.15, 0.2) is 5.78 Å². The van der Waals surface area contributed by atoms with Crippen LogP contribution in [-0.2, 0) is 9.53 Å². The first-order valence-electron chi connectivity index (χ1n) is 8.05. The highest BCUT2D eigenvalue weighted by atomic mass is 35.5. The molecule has 0 fully saturated rings. The van der Waals surface area contributed by atoms with Gasteiger partial charge in [0.25, 0.3) is 0 Å². The van der Waals surface area contributed by atoms with Crippen molar-refractivity contribution in [3.05, 3.63) is 50.5 Å². The van der Waals surface area contributed by atoms with E-state index in [-0.39, 0.29) is 22.7 Å². The second-order valence-electron chi connectivity index (χ2n) is 7.21. The van der Waals surface area contributed by atoms with E-state index in [0.717, 1.165) is 0 Å². The largest absolute Gasteiger partial charge is 0.496 e. The molecule has 0 aromatic heterocycles. The first kappa shape index (κ1) is 18.6. The van der Waals surface area contributed by atoms with Crippen molar-refractivity contribution in [2.75, 3.05) is 7.11 Å². The van der Waals surface area contributed by atoms with E-state index in [1.54, 1.807) is 12.1 Å². The van der Waals surface area contributed by atoms with Crippen LogP contribution in [0.5, 0.6) is 5.75 Å². The Labute approximate surface area is 162 Å². The highest BCUT2D eigenvalue weighted by molar-refractivity contribution is 6.35. The normalized spacial score (nSPS) is 21.8. The molecule has 1 unspecified atom stereocenters. The van der Waals surface area contributed by atoms with Crippen LogP contribution in [0, 0.1) is 16.7 Å². The Morgan fingerprint density at radius 1 is 1.35 bits per heavy atom. The van der Waals surface area contributed by atoms with Crippen LogP contribution in [0.1, 0.15) is 38.2 Å². The minimum absolute atomic E-state index is 0.0187. The lowest BCUT2D eigenvalue weighted by molar-refractivity contribution is -0.119. The number of ketones is 1. The minimum Gasteiger partial charge on any atom is -0.496 e. The van der Waals surface area contributed by atoms with Crippen molar-refractivity contribution in [1.29, 1.82) is 5.26 Å². The molecule has 0 spiro atoms. The van der Waals surface area contributed by atoms with E-state index in [9.17, 15) is 10.1 Å². The number of allylic oxidation sites excluding steroid dienone is 3. The fourth-order valence-electron chi connectivity index (χ4n) is 3.58. The third-order valence-electron chi connectivity index (χ3n) is 4.64. The lowest BCUT2D eigenvalue weighted by Crippen LogP contribution is -2.33. The molecule has 1 heterocycles. The van der Waals surface area contributed by atoms with Crippen molar-refractivity contribution in [3.63, 3.8) is 0 Å². The number of Topliss-reactive ketones (excluding diaryl/α,β-unsaturated/α-hetero) is 1. The summed E-state index contributed by atoms with van der Waals surface area (Å²) < 4.78 is 11.1. The van der Waals surface area contributed by atoms with Gasteiger partial charge < -0.3 is 15.2 Å². The van der Waals surface area contributed by atoms with Gasteiger partial charge in [-0.2, -0.15) is 5.26 Å². The van der Waals surface area contributed by atoms with E-state index in [0.29, 0.717) is 45.5 Å². The molecule has 0 saturated carbocycles. The maximum Gasteiger partial charge on any atom is 0.205 e. The molecule has 0 saturated heterocycles. The minimum atomic E-state index is -0.743. The Bertz CT molecular complexity index is 910. The van der Waals surface area contributed by atoms with Gasteiger partial charge in [0.2, 0.25) is 5.88 Å². The molecule has 0 bridgehead atoms. The third-order valence-corrected chi connectivity index (χ3v) is 5.17. The second kappa shape index (κ2) is 6.53. The maximum atomic E-state index is 13.0. The van der Waals surface area contributed by atoms with Crippen LogP contribution in [0.2, 0.25) is 10.0 Å². The zero-order valence-corrected chi connectivity index (χ0v) is 16.2. The van der Waals surface area contributed by atoms with E-state index < -0.39 is 5.92 Å². The van der Waals surface area contributed by atoms with Crippen molar-refractivity contribution in [2.24, 2.45) is 11.1 Å². The average molecular weight is 393 g/mol. The first-order chi connectivity index (χ1) is 12.2. The van der Waals surface area contributed by atoms with Crippen molar-refractivity contribution >= 4 is 29.0 Å². The predicted molar refractivity (Wildman–Crippen MR) is 98.7 cm³/mol. The van der Waals surface area contributed by atoms with Crippen LogP contribution < -0.4 is 10.5 Å². The zero-order chi connectivity index (χ0) is 19.2. The lowest BCUT2D eigenvalue weighted by atomic mass is 9.70. The number of methoxy groups -OCH3 is 1. The summed E-state index contributed by atoms with van der Waals surface area (Å²) in [6.45, 7) is 3.98. The summed E-state index contributed by atoms with van der Waals surface area (Å²) in [7, 11) is 1.48. The van der Waals surface area contributed by atoms with Gasteiger partial charge in [0, 0.05) is 34.0 Å². The lowest BCUT2D eigenvalue weighted by Gasteiger charge is -2.37. The second-order valence-corrected chi connectivity index (χ2v) is 8.05. The highest BCUT2D eigenvalue weighted by Crippen LogP contribution is 2.51. The molecule has 5 nitrogen and oxygen atoms in total. The van der Waals surface area contributed by atoms with E-state index in [1.165, 1.54) is 7.11 Å². The molecule has 3 rings (SSSR count). The molecule has 1 atom stereocenters. The Balaban J connectivity index is 2.29. The Kier molecular flexibility index (Phi) is 4.68. The van der Waals surface area contributed by atoms with Gasteiger partial charge in [0.05, 0.1) is 13.0 Å². The smallest absolute Gasteiger partial charge is 0.205 e. The molecular weight excluding hydrogens is 375 g/mol. The average Bonchev–Trinajstić information content (AvgIpc) is 2.51. The standard InChI is InChI=1S/C19H18Cl2N2O3/c1-19(2)6-12(24)17-14(7-19)26-18(23)10(8-22)15(17)16-11(21)4-9(20)5-13(16)25-3/h4-5,15H,6-7,23H2,1-3H3. The van der Waals surface area contributed by atoms with Gasteiger partial charge in [-0.3, -0.25) is 4.79 Å². The molecule has 1 aliphatic carbocycles. The topological polar surface area (TPSA) is 85.3 Å². The van der Waals surface area contributed by atoms with E-state index >= 15 is 0 Å². The van der Waals surface area contributed by atoms with Crippen LogP contribution in [0.15, 0.2) is 34.9 Å². The number of carbonyl (C=O) groups excluding carboxylic acids is 1. The summed E-state index contributed by atoms with van der Waals surface area (Å²) in [5, 5.41) is 10.4. The third kappa shape index (κ3) is 3.04. The van der Waals surface area contributed by atoms with Gasteiger partial charge in [-0.25, -0.2) is 0 Å². The molecule has 2 aliphatic rings. The molecule has 1 aliphatic heterocycles. The number of nitrogens with zero attached hydrogens (tertiary/aromatic N) is 1. The van der Waals surface area contributed by atoms with Crippen LogP contribution in [-0.4, -0.2) is 12.9 Å². The number of ether oxygens (including phenoxy) is 2. The molecular formula is C19H18Cl2N2O3. The highest BCUT2D eigenvalue weighted by Gasteiger charge is 2.44. The number of nitriles is 1. The molecule has 1 aromatic rings. The van der Waals surface area contributed by atoms with Crippen LogP contribution in [0.25, 0.3) is 0 Å². The number of rotatable bonds is 2. The van der Waals surface area contributed by atoms with Crippen LogP contribution in [0.3, 0.4) is 0 Å². The summed E-state index contributed by atoms with van der Waals surface area (Å²) >= 11 is 12.5. The van der Waals surface area contributed by atoms with Crippen LogP contribution in [0.4, 0.5) is 0 Å². The van der Waals surface area contributed by atoms with Crippen molar-refractivity contribution in [1.82, 2.24) is 0 Å². The van der Waals surface area contributed by atoms with Crippen molar-refractivity contribution in [3.8, 4) is 11.8 Å². The Hall–Kier alpha value is -2.16. The molecule has 2 N–H and O–H groups in total. The Morgan fingerprint density at radius 2 is 2.04 bits per heavy atom. The van der Waals surface area contributed by atoms with Gasteiger partial charge >= 0.3 is 0 Å². The summed E-state index contributed by atoms with van der Waals surface area (Å²) in [6.07, 6.45) is 0.884. The molecule has 0 radical (unpaired) electrons. The van der Waals surface area contributed by atoms with Gasteiger partial charge in [-0.1, -0.05) is 37.0 Å².